The molecule has 0 bridgehead atoms. The minimum atomic E-state index is -0.141. The highest BCUT2D eigenvalue weighted by molar-refractivity contribution is 5.91. The van der Waals surface area contributed by atoms with Gasteiger partial charge in [0.2, 0.25) is 0 Å². The number of aryl methyl sites for hydroxylation is 1. The molecule has 1 atom stereocenters. The van der Waals surface area contributed by atoms with Crippen molar-refractivity contribution in [3.63, 3.8) is 0 Å². The molecule has 1 aromatic carbocycles. The van der Waals surface area contributed by atoms with Crippen LogP contribution in [0.2, 0.25) is 0 Å². The summed E-state index contributed by atoms with van der Waals surface area (Å²) in [6.45, 7) is 5.18. The van der Waals surface area contributed by atoms with E-state index in [0.717, 1.165) is 39.0 Å². The summed E-state index contributed by atoms with van der Waals surface area (Å²) in [6, 6.07) is 9.50. The van der Waals surface area contributed by atoms with Crippen LogP contribution >= 0.6 is 0 Å². The Morgan fingerprint density at radius 3 is 3.00 bits per heavy atom. The largest absolute Gasteiger partial charge is 0.366 e. The van der Waals surface area contributed by atoms with Gasteiger partial charge in [-0.25, -0.2) is 4.98 Å². The number of benzene rings is 1. The lowest BCUT2D eigenvalue weighted by Gasteiger charge is -2.46. The van der Waals surface area contributed by atoms with Crippen LogP contribution in [0.4, 0.5) is 5.69 Å². The molecule has 4 rings (SSSR count). The standard InChI is InChI=1S/C21H27N5O/c27-21(19-15-22-10-11-23-19)24-9-3-4-12-25-13-14-26-18(16-25)8-7-17-5-1-2-6-20(17)26/h1-2,5-6,10-11,15,18H,3-4,7-9,12-14,16H2,(H,24,27). The summed E-state index contributed by atoms with van der Waals surface area (Å²) in [5.41, 5.74) is 3.33. The van der Waals surface area contributed by atoms with Crippen LogP contribution in [-0.2, 0) is 6.42 Å². The van der Waals surface area contributed by atoms with Crippen molar-refractivity contribution in [1.29, 1.82) is 0 Å². The van der Waals surface area contributed by atoms with Gasteiger partial charge in [-0.15, -0.1) is 0 Å². The Morgan fingerprint density at radius 1 is 1.19 bits per heavy atom. The fourth-order valence-corrected chi connectivity index (χ4v) is 4.18. The van der Waals surface area contributed by atoms with E-state index >= 15 is 0 Å². The van der Waals surface area contributed by atoms with Crippen LogP contribution in [0.3, 0.4) is 0 Å². The van der Waals surface area contributed by atoms with Crippen LogP contribution in [-0.4, -0.2) is 59.5 Å². The summed E-state index contributed by atoms with van der Waals surface area (Å²) in [7, 11) is 0. The van der Waals surface area contributed by atoms with Crippen molar-refractivity contribution in [2.75, 3.05) is 37.6 Å². The lowest BCUT2D eigenvalue weighted by molar-refractivity contribution is 0.0947. The molecule has 1 unspecified atom stereocenters. The topological polar surface area (TPSA) is 61.4 Å². The van der Waals surface area contributed by atoms with Crippen LogP contribution in [0.25, 0.3) is 0 Å². The van der Waals surface area contributed by atoms with E-state index in [1.807, 2.05) is 0 Å². The van der Waals surface area contributed by atoms with Gasteiger partial charge >= 0.3 is 0 Å². The van der Waals surface area contributed by atoms with Crippen molar-refractivity contribution in [1.82, 2.24) is 20.2 Å². The van der Waals surface area contributed by atoms with E-state index < -0.39 is 0 Å². The molecule has 142 valence electrons. The predicted octanol–water partition coefficient (Wildman–Crippen LogP) is 2.12. The molecule has 1 fully saturated rings. The third kappa shape index (κ3) is 4.27. The van der Waals surface area contributed by atoms with Crippen LogP contribution < -0.4 is 10.2 Å². The number of nitrogens with zero attached hydrogens (tertiary/aromatic N) is 4. The Bertz CT molecular complexity index is 766. The first-order chi connectivity index (χ1) is 13.3. The summed E-state index contributed by atoms with van der Waals surface area (Å²) in [5, 5.41) is 2.92. The van der Waals surface area contributed by atoms with Crippen LogP contribution in [0, 0.1) is 0 Å². The van der Waals surface area contributed by atoms with Gasteiger partial charge in [-0.1, -0.05) is 18.2 Å². The van der Waals surface area contributed by atoms with E-state index in [0.29, 0.717) is 18.3 Å². The molecule has 2 aliphatic rings. The highest BCUT2D eigenvalue weighted by atomic mass is 16.1. The van der Waals surface area contributed by atoms with Gasteiger partial charge in [-0.2, -0.15) is 0 Å². The van der Waals surface area contributed by atoms with Gasteiger partial charge < -0.3 is 10.2 Å². The first-order valence-corrected chi connectivity index (χ1v) is 9.92. The molecule has 1 saturated heterocycles. The van der Waals surface area contributed by atoms with Gasteiger partial charge in [-0.05, 0) is 43.9 Å². The highest BCUT2D eigenvalue weighted by Gasteiger charge is 2.30. The van der Waals surface area contributed by atoms with Gasteiger partial charge in [0, 0.05) is 50.3 Å². The number of amides is 1. The molecule has 0 spiro atoms. The average Bonchev–Trinajstić information content (AvgIpc) is 2.73. The maximum absolute atomic E-state index is 11.9. The number of hydrogen-bond donors (Lipinski definition) is 1. The summed E-state index contributed by atoms with van der Waals surface area (Å²) in [6.07, 6.45) is 9.14. The number of fused-ring (bicyclic) bond motifs is 3. The number of rotatable bonds is 6. The molecule has 2 aliphatic heterocycles. The summed E-state index contributed by atoms with van der Waals surface area (Å²) in [5.74, 6) is -0.141. The van der Waals surface area contributed by atoms with E-state index in [-0.39, 0.29) is 5.91 Å². The second-order valence-electron chi connectivity index (χ2n) is 7.37. The first kappa shape index (κ1) is 17.9. The van der Waals surface area contributed by atoms with Gasteiger partial charge in [0.1, 0.15) is 5.69 Å². The SMILES string of the molecule is O=C(NCCCCN1CCN2c3ccccc3CCC2C1)c1cnccn1. The van der Waals surface area contributed by atoms with Gasteiger partial charge in [0.05, 0.1) is 6.20 Å². The number of anilines is 1. The molecule has 6 nitrogen and oxygen atoms in total. The van der Waals surface area contributed by atoms with Crippen molar-refractivity contribution in [3.8, 4) is 0 Å². The molecular weight excluding hydrogens is 338 g/mol. The minimum absolute atomic E-state index is 0.141. The van der Waals surface area contributed by atoms with E-state index in [9.17, 15) is 4.79 Å². The lowest BCUT2D eigenvalue weighted by Crippen LogP contribution is -2.55. The molecular formula is C21H27N5O. The molecule has 0 saturated carbocycles. The van der Waals surface area contributed by atoms with E-state index in [4.69, 9.17) is 0 Å². The fourth-order valence-electron chi connectivity index (χ4n) is 4.18. The number of nitrogens with one attached hydrogen (secondary N) is 1. The smallest absolute Gasteiger partial charge is 0.271 e. The Balaban J connectivity index is 1.18. The molecule has 6 heteroatoms. The summed E-state index contributed by atoms with van der Waals surface area (Å²) in [4.78, 5) is 25.1. The molecule has 0 aliphatic carbocycles. The molecule has 27 heavy (non-hydrogen) atoms. The third-order valence-corrected chi connectivity index (χ3v) is 5.60. The number of aromatic nitrogens is 2. The average molecular weight is 365 g/mol. The molecule has 1 N–H and O–H groups in total. The van der Waals surface area contributed by atoms with Crippen molar-refractivity contribution in [2.45, 2.75) is 31.7 Å². The maximum atomic E-state index is 11.9. The Labute approximate surface area is 160 Å². The van der Waals surface area contributed by atoms with Crippen LogP contribution in [0.15, 0.2) is 42.9 Å². The fraction of sp³-hybridized carbons (Fsp3) is 0.476. The number of unbranched alkanes of at least 4 members (excludes halogenated alkanes) is 1. The second kappa shape index (κ2) is 8.48. The number of para-hydroxylation sites is 1. The molecule has 0 radical (unpaired) electrons. The Hall–Kier alpha value is -2.47. The third-order valence-electron chi connectivity index (χ3n) is 5.60. The zero-order valence-electron chi connectivity index (χ0n) is 15.7. The van der Waals surface area contributed by atoms with Crippen molar-refractivity contribution < 1.29 is 4.79 Å². The monoisotopic (exact) mass is 365 g/mol. The van der Waals surface area contributed by atoms with Crippen molar-refractivity contribution >= 4 is 11.6 Å². The molecule has 3 heterocycles. The maximum Gasteiger partial charge on any atom is 0.271 e. The van der Waals surface area contributed by atoms with Crippen LogP contribution in [0.5, 0.6) is 0 Å². The van der Waals surface area contributed by atoms with Gasteiger partial charge in [0.15, 0.2) is 0 Å². The van der Waals surface area contributed by atoms with Crippen molar-refractivity contribution in [2.24, 2.45) is 0 Å². The first-order valence-electron chi connectivity index (χ1n) is 9.92. The normalized spacial score (nSPS) is 19.3. The van der Waals surface area contributed by atoms with E-state index in [1.54, 1.807) is 6.20 Å². The second-order valence-corrected chi connectivity index (χ2v) is 7.37. The molecule has 2 aromatic rings. The summed E-state index contributed by atoms with van der Waals surface area (Å²) >= 11 is 0. The molecule has 1 amide bonds. The summed E-state index contributed by atoms with van der Waals surface area (Å²) < 4.78 is 0. The number of piperazine rings is 1. The number of carbonyl (C=O) groups is 1. The Morgan fingerprint density at radius 2 is 2.11 bits per heavy atom. The molecule has 1 aromatic heterocycles. The highest BCUT2D eigenvalue weighted by Crippen LogP contribution is 2.32. The van der Waals surface area contributed by atoms with Gasteiger partial charge in [-0.3, -0.25) is 14.7 Å². The van der Waals surface area contributed by atoms with E-state index in [2.05, 4.69) is 49.4 Å². The number of carbonyl (C=O) groups excluding carboxylic acids is 1. The predicted molar refractivity (Wildman–Crippen MR) is 106 cm³/mol. The quantitative estimate of drug-likeness (QED) is 0.795. The Kier molecular flexibility index (Phi) is 5.63. The van der Waals surface area contributed by atoms with Crippen molar-refractivity contribution in [3.05, 3.63) is 54.1 Å². The van der Waals surface area contributed by atoms with E-state index in [1.165, 1.54) is 36.5 Å². The van der Waals surface area contributed by atoms with Crippen LogP contribution in [0.1, 0.15) is 35.3 Å². The van der Waals surface area contributed by atoms with Gasteiger partial charge in [0.25, 0.3) is 5.91 Å². The zero-order chi connectivity index (χ0) is 18.5. The number of hydrogen-bond acceptors (Lipinski definition) is 5. The lowest BCUT2D eigenvalue weighted by atomic mass is 9.94. The minimum Gasteiger partial charge on any atom is -0.366 e. The zero-order valence-corrected chi connectivity index (χ0v) is 15.7.